The first-order chi connectivity index (χ1) is 16.2. The van der Waals surface area contributed by atoms with Gasteiger partial charge in [-0.05, 0) is 13.8 Å². The lowest BCUT2D eigenvalue weighted by Gasteiger charge is -2.36. The second-order valence-electron chi connectivity index (χ2n) is 8.79. The molecule has 0 spiro atoms. The second-order valence-corrected chi connectivity index (χ2v) is 8.79. The molecule has 0 saturated carbocycles. The Bertz CT molecular complexity index is 1190. The zero-order valence-electron chi connectivity index (χ0n) is 19.3. The molecule has 0 atom stereocenters. The minimum atomic E-state index is -1.03. The van der Waals surface area contributed by atoms with Crippen LogP contribution in [0.25, 0.3) is 11.0 Å². The number of nitrogens with zero attached hydrogens (tertiary/aromatic N) is 5. The minimum absolute atomic E-state index is 0.104. The molecule has 4 rings (SSSR count). The van der Waals surface area contributed by atoms with Crippen molar-refractivity contribution in [1.29, 1.82) is 0 Å². The van der Waals surface area contributed by atoms with Crippen LogP contribution in [0.2, 0.25) is 0 Å². The summed E-state index contributed by atoms with van der Waals surface area (Å²) in [6.45, 7) is 5.38. The van der Waals surface area contributed by atoms with Crippen LogP contribution in [0.1, 0.15) is 13.8 Å². The summed E-state index contributed by atoms with van der Waals surface area (Å²) in [7, 11) is 1.51. The maximum absolute atomic E-state index is 14.7. The minimum Gasteiger partial charge on any atom is -0.491 e. The summed E-state index contributed by atoms with van der Waals surface area (Å²) in [5.74, 6) is -0.960. The van der Waals surface area contributed by atoms with Gasteiger partial charge in [0, 0.05) is 45.4 Å². The third-order valence-corrected chi connectivity index (χ3v) is 5.47. The predicted octanol–water partition coefficient (Wildman–Crippen LogP) is 1.52. The van der Waals surface area contributed by atoms with Gasteiger partial charge in [-0.1, -0.05) is 0 Å². The number of rotatable bonds is 8. The molecule has 12 heteroatoms. The number of hydrogen-bond donors (Lipinski definition) is 2. The second kappa shape index (κ2) is 9.55. The number of H-pyrrole nitrogens is 1. The highest BCUT2D eigenvalue weighted by molar-refractivity contribution is 5.74. The zero-order chi connectivity index (χ0) is 24.5. The SMILES string of the molecule is COCCOc1cc(F)c(N2CCN(c3nc4c(cnn4CC(C)(C)O)c(=O)[nH]3)CC2)c(F)c1. The van der Waals surface area contributed by atoms with Crippen molar-refractivity contribution in [3.63, 3.8) is 0 Å². The summed E-state index contributed by atoms with van der Waals surface area (Å²) in [6, 6.07) is 2.33. The fourth-order valence-corrected chi connectivity index (χ4v) is 3.90. The maximum Gasteiger partial charge on any atom is 0.263 e. The van der Waals surface area contributed by atoms with Gasteiger partial charge in [-0.25, -0.2) is 13.5 Å². The predicted molar refractivity (Wildman–Crippen MR) is 123 cm³/mol. The molecule has 1 aliphatic heterocycles. The van der Waals surface area contributed by atoms with Crippen molar-refractivity contribution in [3.05, 3.63) is 40.3 Å². The van der Waals surface area contributed by atoms with E-state index in [1.807, 2.05) is 4.90 Å². The molecular weight excluding hydrogens is 450 g/mol. The van der Waals surface area contributed by atoms with Gasteiger partial charge in [-0.2, -0.15) is 10.1 Å². The fourth-order valence-electron chi connectivity index (χ4n) is 3.90. The Kier molecular flexibility index (Phi) is 6.71. The summed E-state index contributed by atoms with van der Waals surface area (Å²) in [5, 5.41) is 14.6. The Morgan fingerprint density at radius 2 is 1.76 bits per heavy atom. The third-order valence-electron chi connectivity index (χ3n) is 5.47. The lowest BCUT2D eigenvalue weighted by molar-refractivity contribution is 0.0589. The smallest absolute Gasteiger partial charge is 0.263 e. The fraction of sp³-hybridized carbons (Fsp3) is 0.500. The van der Waals surface area contributed by atoms with Gasteiger partial charge < -0.3 is 24.4 Å². The number of anilines is 2. The number of benzene rings is 1. The average molecular weight is 479 g/mol. The number of ether oxygens (including phenoxy) is 2. The lowest BCUT2D eigenvalue weighted by atomic mass is 10.1. The normalized spacial score (nSPS) is 14.8. The van der Waals surface area contributed by atoms with Crippen molar-refractivity contribution >= 4 is 22.7 Å². The van der Waals surface area contributed by atoms with Crippen LogP contribution in [0.3, 0.4) is 0 Å². The van der Waals surface area contributed by atoms with E-state index in [-0.39, 0.29) is 30.1 Å². The number of fused-ring (bicyclic) bond motifs is 1. The summed E-state index contributed by atoms with van der Waals surface area (Å²) in [5.41, 5.74) is -1.12. The van der Waals surface area contributed by atoms with Crippen molar-refractivity contribution in [2.75, 3.05) is 56.3 Å². The van der Waals surface area contributed by atoms with Crippen molar-refractivity contribution < 1.29 is 23.4 Å². The van der Waals surface area contributed by atoms with Gasteiger partial charge in [-0.15, -0.1) is 0 Å². The first-order valence-corrected chi connectivity index (χ1v) is 10.9. The van der Waals surface area contributed by atoms with Crippen LogP contribution in [0.15, 0.2) is 23.1 Å². The molecular formula is C22H28F2N6O4. The van der Waals surface area contributed by atoms with Crippen LogP contribution in [-0.4, -0.2) is 77.0 Å². The highest BCUT2D eigenvalue weighted by atomic mass is 19.1. The number of aromatic amines is 1. The van der Waals surface area contributed by atoms with E-state index in [1.54, 1.807) is 18.7 Å². The molecule has 0 amide bonds. The lowest BCUT2D eigenvalue weighted by Crippen LogP contribution is -2.48. The van der Waals surface area contributed by atoms with Crippen LogP contribution in [0, 0.1) is 11.6 Å². The summed E-state index contributed by atoms with van der Waals surface area (Å²) >= 11 is 0. The molecule has 1 saturated heterocycles. The highest BCUT2D eigenvalue weighted by Gasteiger charge is 2.25. The molecule has 0 unspecified atom stereocenters. The van der Waals surface area contributed by atoms with Gasteiger partial charge in [0.1, 0.15) is 23.4 Å². The highest BCUT2D eigenvalue weighted by Crippen LogP contribution is 2.29. The van der Waals surface area contributed by atoms with Crippen molar-refractivity contribution in [2.24, 2.45) is 0 Å². The van der Waals surface area contributed by atoms with E-state index in [1.165, 1.54) is 18.0 Å². The number of piperazine rings is 1. The Morgan fingerprint density at radius 3 is 2.38 bits per heavy atom. The zero-order valence-corrected chi connectivity index (χ0v) is 19.3. The molecule has 1 aromatic carbocycles. The van der Waals surface area contributed by atoms with Crippen LogP contribution in [-0.2, 0) is 11.3 Å². The number of halogens is 2. The van der Waals surface area contributed by atoms with Gasteiger partial charge in [0.25, 0.3) is 5.56 Å². The molecule has 1 fully saturated rings. The molecule has 34 heavy (non-hydrogen) atoms. The topological polar surface area (TPSA) is 109 Å². The molecule has 0 aliphatic carbocycles. The van der Waals surface area contributed by atoms with E-state index in [0.29, 0.717) is 49.8 Å². The molecule has 2 N–H and O–H groups in total. The van der Waals surface area contributed by atoms with E-state index in [2.05, 4.69) is 15.1 Å². The first kappa shape index (κ1) is 23.9. The van der Waals surface area contributed by atoms with Gasteiger partial charge in [0.15, 0.2) is 17.3 Å². The van der Waals surface area contributed by atoms with Gasteiger partial charge in [0.2, 0.25) is 5.95 Å². The van der Waals surface area contributed by atoms with Crippen LogP contribution < -0.4 is 20.1 Å². The van der Waals surface area contributed by atoms with Crippen molar-refractivity contribution in [2.45, 2.75) is 26.0 Å². The molecule has 2 aromatic heterocycles. The number of nitrogens with one attached hydrogen (secondary N) is 1. The maximum atomic E-state index is 14.7. The number of aromatic nitrogens is 4. The number of methoxy groups -OCH3 is 1. The van der Waals surface area contributed by atoms with Gasteiger partial charge >= 0.3 is 0 Å². The Balaban J connectivity index is 1.50. The van der Waals surface area contributed by atoms with Crippen LogP contribution in [0.4, 0.5) is 20.4 Å². The molecule has 0 bridgehead atoms. The Hall–Kier alpha value is -3.25. The molecule has 3 heterocycles. The summed E-state index contributed by atoms with van der Waals surface area (Å²) in [6.07, 6.45) is 1.42. The van der Waals surface area contributed by atoms with E-state index in [9.17, 15) is 18.7 Å². The Morgan fingerprint density at radius 1 is 1.12 bits per heavy atom. The van der Waals surface area contributed by atoms with Gasteiger partial charge in [-0.3, -0.25) is 9.78 Å². The average Bonchev–Trinajstić information content (AvgIpc) is 3.15. The van der Waals surface area contributed by atoms with Crippen LogP contribution >= 0.6 is 0 Å². The largest absolute Gasteiger partial charge is 0.491 e. The van der Waals surface area contributed by atoms with Crippen molar-refractivity contribution in [1.82, 2.24) is 19.7 Å². The van der Waals surface area contributed by atoms with E-state index < -0.39 is 17.2 Å². The van der Waals surface area contributed by atoms with Crippen LogP contribution in [0.5, 0.6) is 5.75 Å². The number of hydrogen-bond acceptors (Lipinski definition) is 8. The van der Waals surface area contributed by atoms with E-state index in [4.69, 9.17) is 9.47 Å². The summed E-state index contributed by atoms with van der Waals surface area (Å²) < 4.78 is 41.1. The van der Waals surface area contributed by atoms with E-state index >= 15 is 0 Å². The molecule has 1 aliphatic rings. The first-order valence-electron chi connectivity index (χ1n) is 10.9. The molecule has 3 aromatic rings. The molecule has 184 valence electrons. The van der Waals surface area contributed by atoms with E-state index in [0.717, 1.165) is 12.1 Å². The molecule has 10 nitrogen and oxygen atoms in total. The summed E-state index contributed by atoms with van der Waals surface area (Å²) in [4.78, 5) is 23.3. The standard InChI is InChI=1S/C22H28F2N6O4/c1-22(2,32)13-30-19-15(12-25-30)20(31)27-21(26-19)29-6-4-28(5-7-29)18-16(23)10-14(11-17(18)24)34-9-8-33-3/h10-12,32H,4-9,13H2,1-3H3,(H,26,27,31). The molecule has 0 radical (unpaired) electrons. The Labute approximate surface area is 194 Å². The van der Waals surface area contributed by atoms with Gasteiger partial charge in [0.05, 0.1) is 24.9 Å². The third kappa shape index (κ3) is 5.12. The monoisotopic (exact) mass is 478 g/mol. The number of aliphatic hydroxyl groups is 1. The quantitative estimate of drug-likeness (QED) is 0.469. The van der Waals surface area contributed by atoms with Crippen molar-refractivity contribution in [3.8, 4) is 5.75 Å².